The maximum absolute atomic E-state index is 12.9. The van der Waals surface area contributed by atoms with Gasteiger partial charge >= 0.3 is 5.69 Å². The average Bonchev–Trinajstić information content (AvgIpc) is 2.84. The zero-order chi connectivity index (χ0) is 25.0. The molecule has 0 aliphatic carbocycles. The zero-order valence-electron chi connectivity index (χ0n) is 19.5. The van der Waals surface area contributed by atoms with Crippen molar-refractivity contribution in [3.8, 4) is 0 Å². The third-order valence-electron chi connectivity index (χ3n) is 6.03. The number of anilines is 1. The summed E-state index contributed by atoms with van der Waals surface area (Å²) in [7, 11) is -3.60. The Hall–Kier alpha value is -3.50. The molecule has 1 aliphatic heterocycles. The Kier molecular flexibility index (Phi) is 7.32. The molecule has 184 valence electrons. The molecular formula is C25H28N4O5S. The minimum absolute atomic E-state index is 0.160. The van der Waals surface area contributed by atoms with Crippen molar-refractivity contribution in [3.63, 3.8) is 0 Å². The highest BCUT2D eigenvalue weighted by Crippen LogP contribution is 2.24. The Labute approximate surface area is 203 Å². The second-order valence-electron chi connectivity index (χ2n) is 8.82. The van der Waals surface area contributed by atoms with Gasteiger partial charge in [-0.05, 0) is 48.6 Å². The van der Waals surface area contributed by atoms with Crippen LogP contribution in [0.3, 0.4) is 0 Å². The molecule has 0 saturated carbocycles. The molecule has 1 N–H and O–H groups in total. The Balaban J connectivity index is 1.45. The van der Waals surface area contributed by atoms with E-state index in [1.807, 2.05) is 37.3 Å². The number of nitrogens with zero attached hydrogens (tertiary/aromatic N) is 3. The van der Waals surface area contributed by atoms with E-state index in [-0.39, 0.29) is 11.4 Å². The molecule has 0 spiro atoms. The summed E-state index contributed by atoms with van der Waals surface area (Å²) in [5, 5.41) is 2.62. The number of aromatic nitrogens is 2. The summed E-state index contributed by atoms with van der Waals surface area (Å²) >= 11 is 0. The van der Waals surface area contributed by atoms with E-state index in [0.29, 0.717) is 24.7 Å². The lowest BCUT2D eigenvalue weighted by atomic mass is 10.0. The number of rotatable bonds is 7. The van der Waals surface area contributed by atoms with Gasteiger partial charge in [-0.25, -0.2) is 13.2 Å². The predicted molar refractivity (Wildman–Crippen MR) is 133 cm³/mol. The minimum atomic E-state index is -3.60. The van der Waals surface area contributed by atoms with Crippen molar-refractivity contribution in [1.82, 2.24) is 13.4 Å². The molecule has 2 aromatic carbocycles. The molecule has 0 radical (unpaired) electrons. The van der Waals surface area contributed by atoms with Crippen molar-refractivity contribution >= 4 is 21.6 Å². The molecule has 10 heteroatoms. The molecule has 2 heterocycles. The third-order valence-corrected chi connectivity index (χ3v) is 7.91. The van der Waals surface area contributed by atoms with Crippen LogP contribution < -0.4 is 16.6 Å². The number of sulfonamides is 1. The molecule has 1 atom stereocenters. The van der Waals surface area contributed by atoms with Crippen LogP contribution in [0.5, 0.6) is 0 Å². The molecule has 9 nitrogen and oxygen atoms in total. The summed E-state index contributed by atoms with van der Waals surface area (Å²) in [4.78, 5) is 37.8. The van der Waals surface area contributed by atoms with Gasteiger partial charge < -0.3 is 5.32 Å². The molecule has 1 amide bonds. The number of hydrogen-bond donors (Lipinski definition) is 1. The lowest BCUT2D eigenvalue weighted by Gasteiger charge is -2.30. The van der Waals surface area contributed by atoms with Crippen molar-refractivity contribution in [3.05, 3.63) is 93.3 Å². The van der Waals surface area contributed by atoms with E-state index in [2.05, 4.69) is 5.32 Å². The molecule has 4 rings (SSSR count). The maximum atomic E-state index is 12.9. The monoisotopic (exact) mass is 496 g/mol. The molecule has 0 bridgehead atoms. The smallest absolute Gasteiger partial charge is 0.325 e. The predicted octanol–water partition coefficient (Wildman–Crippen LogP) is 2.12. The van der Waals surface area contributed by atoms with Crippen LogP contribution in [-0.4, -0.2) is 40.9 Å². The second-order valence-corrected chi connectivity index (χ2v) is 10.8. The minimum Gasteiger partial charge on any atom is -0.325 e. The van der Waals surface area contributed by atoms with E-state index >= 15 is 0 Å². The van der Waals surface area contributed by atoms with Gasteiger partial charge in [0.2, 0.25) is 15.9 Å². The number of nitrogens with one attached hydrogen (secondary N) is 1. The standard InChI is InChI=1S/C25H28N4O5S/c1-19-6-5-14-28(16-19)35(33,34)22-11-9-21(10-12-22)26-23(30)18-29-24(31)13-15-27(25(29)32)17-20-7-3-2-4-8-20/h2-4,7-13,15,19H,5-6,14,16-18H2,1H3,(H,26,30). The van der Waals surface area contributed by atoms with Gasteiger partial charge in [0, 0.05) is 31.0 Å². The molecule has 1 aliphatic rings. The molecule has 1 saturated heterocycles. The Morgan fingerprint density at radius 3 is 2.43 bits per heavy atom. The van der Waals surface area contributed by atoms with Gasteiger partial charge in [0.05, 0.1) is 11.4 Å². The fraction of sp³-hybridized carbons (Fsp3) is 0.320. The van der Waals surface area contributed by atoms with Crippen LogP contribution in [0.25, 0.3) is 0 Å². The lowest BCUT2D eigenvalue weighted by molar-refractivity contribution is -0.116. The highest BCUT2D eigenvalue weighted by Gasteiger charge is 2.28. The van der Waals surface area contributed by atoms with Crippen LogP contribution in [0.1, 0.15) is 25.3 Å². The van der Waals surface area contributed by atoms with E-state index in [1.165, 1.54) is 45.4 Å². The highest BCUT2D eigenvalue weighted by molar-refractivity contribution is 7.89. The van der Waals surface area contributed by atoms with Gasteiger partial charge in [-0.3, -0.25) is 18.7 Å². The molecule has 35 heavy (non-hydrogen) atoms. The van der Waals surface area contributed by atoms with Gasteiger partial charge in [-0.1, -0.05) is 37.3 Å². The number of benzene rings is 2. The topological polar surface area (TPSA) is 110 Å². The van der Waals surface area contributed by atoms with Gasteiger partial charge in [0.1, 0.15) is 6.54 Å². The van der Waals surface area contributed by atoms with Crippen molar-refractivity contribution in [2.75, 3.05) is 18.4 Å². The fourth-order valence-corrected chi connectivity index (χ4v) is 5.77. The van der Waals surface area contributed by atoms with Crippen LogP contribution in [-0.2, 0) is 27.9 Å². The molecular weight excluding hydrogens is 468 g/mol. The van der Waals surface area contributed by atoms with E-state index in [9.17, 15) is 22.8 Å². The molecule has 3 aromatic rings. The molecule has 1 fully saturated rings. The van der Waals surface area contributed by atoms with Crippen LogP contribution in [0.2, 0.25) is 0 Å². The summed E-state index contributed by atoms with van der Waals surface area (Å²) < 4.78 is 29.6. The lowest BCUT2D eigenvalue weighted by Crippen LogP contribution is -2.41. The molecule has 1 aromatic heterocycles. The van der Waals surface area contributed by atoms with Gasteiger partial charge in [-0.2, -0.15) is 4.31 Å². The summed E-state index contributed by atoms with van der Waals surface area (Å²) in [5.41, 5.74) is 0.0909. The van der Waals surface area contributed by atoms with E-state index < -0.39 is 33.7 Å². The van der Waals surface area contributed by atoms with Crippen LogP contribution >= 0.6 is 0 Å². The van der Waals surface area contributed by atoms with Gasteiger partial charge in [0.15, 0.2) is 0 Å². The third kappa shape index (κ3) is 5.77. The van der Waals surface area contributed by atoms with E-state index in [1.54, 1.807) is 0 Å². The normalized spacial score (nSPS) is 16.7. The SMILES string of the molecule is CC1CCCN(S(=O)(=O)c2ccc(NC(=O)Cn3c(=O)ccn(Cc4ccccc4)c3=O)cc2)C1. The summed E-state index contributed by atoms with van der Waals surface area (Å²) in [5.74, 6) is -0.252. The second kappa shape index (κ2) is 10.4. The summed E-state index contributed by atoms with van der Waals surface area (Å²) in [6.07, 6.45) is 3.26. The number of hydrogen-bond acceptors (Lipinski definition) is 5. The first kappa shape index (κ1) is 24.6. The zero-order valence-corrected chi connectivity index (χ0v) is 20.3. The van der Waals surface area contributed by atoms with Gasteiger partial charge in [-0.15, -0.1) is 0 Å². The average molecular weight is 497 g/mol. The van der Waals surface area contributed by atoms with Crippen LogP contribution in [0.15, 0.2) is 81.3 Å². The van der Waals surface area contributed by atoms with Crippen LogP contribution in [0, 0.1) is 5.92 Å². The maximum Gasteiger partial charge on any atom is 0.331 e. The number of amides is 1. The quantitative estimate of drug-likeness (QED) is 0.539. The first-order chi connectivity index (χ1) is 16.7. The van der Waals surface area contributed by atoms with Gasteiger partial charge in [0.25, 0.3) is 5.56 Å². The summed E-state index contributed by atoms with van der Waals surface area (Å²) in [6, 6.07) is 16.5. The largest absolute Gasteiger partial charge is 0.331 e. The van der Waals surface area contributed by atoms with Crippen molar-refractivity contribution in [2.45, 2.75) is 37.8 Å². The van der Waals surface area contributed by atoms with E-state index in [4.69, 9.17) is 0 Å². The number of piperidine rings is 1. The number of carbonyl (C=O) groups is 1. The first-order valence-electron chi connectivity index (χ1n) is 11.5. The Morgan fingerprint density at radius 1 is 1.03 bits per heavy atom. The highest BCUT2D eigenvalue weighted by atomic mass is 32.2. The van der Waals surface area contributed by atoms with E-state index in [0.717, 1.165) is 23.0 Å². The van der Waals surface area contributed by atoms with Crippen molar-refractivity contribution in [1.29, 1.82) is 0 Å². The Bertz CT molecular complexity index is 1410. The fourth-order valence-electron chi connectivity index (χ4n) is 4.17. The Morgan fingerprint density at radius 2 is 1.74 bits per heavy atom. The number of carbonyl (C=O) groups excluding carboxylic acids is 1. The van der Waals surface area contributed by atoms with Crippen molar-refractivity contribution < 1.29 is 13.2 Å². The molecule has 1 unspecified atom stereocenters. The van der Waals surface area contributed by atoms with Crippen LogP contribution in [0.4, 0.5) is 5.69 Å². The summed E-state index contributed by atoms with van der Waals surface area (Å²) in [6.45, 7) is 2.84. The first-order valence-corrected chi connectivity index (χ1v) is 12.9. The van der Waals surface area contributed by atoms with Crippen molar-refractivity contribution in [2.24, 2.45) is 5.92 Å².